The van der Waals surface area contributed by atoms with Crippen LogP contribution < -0.4 is 5.73 Å². The van der Waals surface area contributed by atoms with Crippen molar-refractivity contribution in [1.29, 1.82) is 0 Å². The molecule has 0 spiro atoms. The van der Waals surface area contributed by atoms with Crippen LogP contribution in [0.5, 0.6) is 0 Å². The Morgan fingerprint density at radius 3 is 3.06 bits per heavy atom. The number of rotatable bonds is 3. The summed E-state index contributed by atoms with van der Waals surface area (Å²) in [4.78, 5) is 2.46. The standard InChI is InChI=1S/C13H22N2O/c1-10-5-7-16-13(10)9-15-6-3-4-12(8-15)11(2)14/h5,7,11-12H,3-4,6,8-9,14H2,1-2H3. The fraction of sp³-hybridized carbons (Fsp3) is 0.692. The quantitative estimate of drug-likeness (QED) is 0.852. The van der Waals surface area contributed by atoms with Gasteiger partial charge in [0.15, 0.2) is 0 Å². The van der Waals surface area contributed by atoms with Gasteiger partial charge in [-0.05, 0) is 50.8 Å². The molecule has 0 amide bonds. The van der Waals surface area contributed by atoms with Gasteiger partial charge in [-0.1, -0.05) is 0 Å². The number of nitrogens with zero attached hydrogens (tertiary/aromatic N) is 1. The van der Waals surface area contributed by atoms with E-state index >= 15 is 0 Å². The van der Waals surface area contributed by atoms with Crippen LogP contribution in [0.25, 0.3) is 0 Å². The lowest BCUT2D eigenvalue weighted by atomic mass is 9.92. The number of hydrogen-bond donors (Lipinski definition) is 1. The van der Waals surface area contributed by atoms with Gasteiger partial charge in [0.1, 0.15) is 5.76 Å². The molecule has 16 heavy (non-hydrogen) atoms. The second-order valence-corrected chi connectivity index (χ2v) is 5.02. The van der Waals surface area contributed by atoms with Crippen molar-refractivity contribution < 1.29 is 4.42 Å². The van der Waals surface area contributed by atoms with Crippen molar-refractivity contribution in [2.24, 2.45) is 11.7 Å². The van der Waals surface area contributed by atoms with Crippen LogP contribution in [0.15, 0.2) is 16.7 Å². The molecule has 2 heterocycles. The average molecular weight is 222 g/mol. The maximum absolute atomic E-state index is 5.98. The lowest BCUT2D eigenvalue weighted by Gasteiger charge is -2.34. The van der Waals surface area contributed by atoms with Crippen molar-refractivity contribution >= 4 is 0 Å². The second kappa shape index (κ2) is 5.02. The highest BCUT2D eigenvalue weighted by Gasteiger charge is 2.23. The highest BCUT2D eigenvalue weighted by Crippen LogP contribution is 2.21. The smallest absolute Gasteiger partial charge is 0.120 e. The minimum Gasteiger partial charge on any atom is -0.468 e. The van der Waals surface area contributed by atoms with Crippen LogP contribution in [0.4, 0.5) is 0 Å². The van der Waals surface area contributed by atoms with E-state index in [4.69, 9.17) is 10.2 Å². The van der Waals surface area contributed by atoms with Crippen molar-refractivity contribution in [3.05, 3.63) is 23.7 Å². The van der Waals surface area contributed by atoms with Crippen molar-refractivity contribution in [2.45, 2.75) is 39.3 Å². The number of furan rings is 1. The molecule has 90 valence electrons. The summed E-state index contributed by atoms with van der Waals surface area (Å²) in [5.41, 5.74) is 7.24. The first-order valence-electron chi connectivity index (χ1n) is 6.17. The molecule has 1 aliphatic rings. The van der Waals surface area contributed by atoms with Crippen molar-refractivity contribution in [3.8, 4) is 0 Å². The molecule has 1 aromatic heterocycles. The summed E-state index contributed by atoms with van der Waals surface area (Å²) in [5, 5.41) is 0. The monoisotopic (exact) mass is 222 g/mol. The first-order chi connectivity index (χ1) is 7.66. The van der Waals surface area contributed by atoms with E-state index in [2.05, 4.69) is 18.7 Å². The molecule has 1 saturated heterocycles. The predicted octanol–water partition coefficient (Wildman–Crippen LogP) is 2.15. The van der Waals surface area contributed by atoms with E-state index in [1.807, 2.05) is 6.07 Å². The average Bonchev–Trinajstić information content (AvgIpc) is 2.65. The molecular weight excluding hydrogens is 200 g/mol. The molecule has 2 N–H and O–H groups in total. The molecule has 2 unspecified atom stereocenters. The number of piperidine rings is 1. The molecule has 1 fully saturated rings. The second-order valence-electron chi connectivity index (χ2n) is 5.02. The summed E-state index contributed by atoms with van der Waals surface area (Å²) < 4.78 is 5.49. The normalized spacial score (nSPS) is 24.6. The lowest BCUT2D eigenvalue weighted by molar-refractivity contribution is 0.145. The van der Waals surface area contributed by atoms with E-state index in [9.17, 15) is 0 Å². The van der Waals surface area contributed by atoms with Gasteiger partial charge in [-0.25, -0.2) is 0 Å². The summed E-state index contributed by atoms with van der Waals surface area (Å²) in [6, 6.07) is 2.34. The Labute approximate surface area is 97.6 Å². The molecule has 3 heteroatoms. The third-order valence-electron chi connectivity index (χ3n) is 3.62. The van der Waals surface area contributed by atoms with Gasteiger partial charge in [-0.2, -0.15) is 0 Å². The minimum atomic E-state index is 0.306. The maximum Gasteiger partial charge on any atom is 0.120 e. The molecule has 0 aliphatic carbocycles. The Morgan fingerprint density at radius 1 is 1.62 bits per heavy atom. The van der Waals surface area contributed by atoms with Crippen LogP contribution in [-0.2, 0) is 6.54 Å². The first kappa shape index (κ1) is 11.7. The zero-order valence-electron chi connectivity index (χ0n) is 10.3. The van der Waals surface area contributed by atoms with Crippen LogP contribution >= 0.6 is 0 Å². The molecular formula is C13H22N2O. The fourth-order valence-corrected chi connectivity index (χ4v) is 2.43. The lowest BCUT2D eigenvalue weighted by Crippen LogP contribution is -2.41. The van der Waals surface area contributed by atoms with Crippen molar-refractivity contribution in [2.75, 3.05) is 13.1 Å². The molecule has 2 rings (SSSR count). The van der Waals surface area contributed by atoms with Gasteiger partial charge in [0.25, 0.3) is 0 Å². The van der Waals surface area contributed by atoms with Crippen LogP contribution in [0.2, 0.25) is 0 Å². The Balaban J connectivity index is 1.93. The van der Waals surface area contributed by atoms with Crippen LogP contribution in [0.1, 0.15) is 31.1 Å². The Hall–Kier alpha value is -0.800. The van der Waals surface area contributed by atoms with E-state index in [0.29, 0.717) is 12.0 Å². The van der Waals surface area contributed by atoms with Gasteiger partial charge in [0.2, 0.25) is 0 Å². The molecule has 0 radical (unpaired) electrons. The molecule has 0 aromatic carbocycles. The summed E-state index contributed by atoms with van der Waals surface area (Å²) in [6.07, 6.45) is 4.30. The summed E-state index contributed by atoms with van der Waals surface area (Å²) in [5.74, 6) is 1.74. The molecule has 3 nitrogen and oxygen atoms in total. The largest absolute Gasteiger partial charge is 0.468 e. The van der Waals surface area contributed by atoms with Crippen molar-refractivity contribution in [1.82, 2.24) is 4.90 Å². The molecule has 0 bridgehead atoms. The summed E-state index contributed by atoms with van der Waals surface area (Å²) >= 11 is 0. The van der Waals surface area contributed by atoms with Gasteiger partial charge in [-0.15, -0.1) is 0 Å². The highest BCUT2D eigenvalue weighted by molar-refractivity contribution is 5.14. The minimum absolute atomic E-state index is 0.306. The van der Waals surface area contributed by atoms with Gasteiger partial charge in [0, 0.05) is 12.6 Å². The number of likely N-dealkylation sites (tertiary alicyclic amines) is 1. The van der Waals surface area contributed by atoms with Gasteiger partial charge in [-0.3, -0.25) is 4.90 Å². The van der Waals surface area contributed by atoms with E-state index < -0.39 is 0 Å². The van der Waals surface area contributed by atoms with Crippen LogP contribution in [0, 0.1) is 12.8 Å². The number of nitrogens with two attached hydrogens (primary N) is 1. The molecule has 2 atom stereocenters. The highest BCUT2D eigenvalue weighted by atomic mass is 16.3. The maximum atomic E-state index is 5.98. The first-order valence-corrected chi connectivity index (χ1v) is 6.17. The summed E-state index contributed by atoms with van der Waals surface area (Å²) in [6.45, 7) is 7.43. The van der Waals surface area contributed by atoms with E-state index in [1.165, 1.54) is 24.9 Å². The molecule has 1 aliphatic heterocycles. The third kappa shape index (κ3) is 2.66. The van der Waals surface area contributed by atoms with E-state index in [1.54, 1.807) is 6.26 Å². The van der Waals surface area contributed by atoms with Crippen LogP contribution in [-0.4, -0.2) is 24.0 Å². The predicted molar refractivity (Wildman–Crippen MR) is 65.1 cm³/mol. The Kier molecular flexibility index (Phi) is 3.66. The van der Waals surface area contributed by atoms with E-state index in [-0.39, 0.29) is 0 Å². The Bertz CT molecular complexity index is 332. The van der Waals surface area contributed by atoms with Gasteiger partial charge in [0.05, 0.1) is 12.8 Å². The zero-order chi connectivity index (χ0) is 11.5. The SMILES string of the molecule is Cc1ccoc1CN1CCCC(C(C)N)C1. The summed E-state index contributed by atoms with van der Waals surface area (Å²) in [7, 11) is 0. The van der Waals surface area contributed by atoms with Crippen molar-refractivity contribution in [3.63, 3.8) is 0 Å². The zero-order valence-corrected chi connectivity index (χ0v) is 10.3. The van der Waals surface area contributed by atoms with Crippen LogP contribution in [0.3, 0.4) is 0 Å². The third-order valence-corrected chi connectivity index (χ3v) is 3.62. The van der Waals surface area contributed by atoms with E-state index in [0.717, 1.165) is 18.8 Å². The molecule has 0 saturated carbocycles. The number of aryl methyl sites for hydroxylation is 1. The topological polar surface area (TPSA) is 42.4 Å². The fourth-order valence-electron chi connectivity index (χ4n) is 2.43. The Morgan fingerprint density at radius 2 is 2.44 bits per heavy atom. The molecule has 1 aromatic rings. The number of hydrogen-bond acceptors (Lipinski definition) is 3. The van der Waals surface area contributed by atoms with Gasteiger partial charge >= 0.3 is 0 Å². The van der Waals surface area contributed by atoms with Gasteiger partial charge < -0.3 is 10.2 Å².